The van der Waals surface area contributed by atoms with Crippen LogP contribution >= 0.6 is 0 Å². The molecule has 2 aromatic rings. The molecule has 0 radical (unpaired) electrons. The highest BCUT2D eigenvalue weighted by Crippen LogP contribution is 2.23. The number of pyridine rings is 1. The summed E-state index contributed by atoms with van der Waals surface area (Å²) in [5.74, 6) is 1.29. The molecule has 158 valence electrons. The van der Waals surface area contributed by atoms with Crippen LogP contribution in [0.4, 0.5) is 0 Å². The molecule has 1 saturated carbocycles. The number of hydrogen-bond donors (Lipinski definition) is 1. The summed E-state index contributed by atoms with van der Waals surface area (Å²) >= 11 is 0. The monoisotopic (exact) mass is 407 g/mol. The molecule has 0 saturated heterocycles. The average Bonchev–Trinajstić information content (AvgIpc) is 2.79. The Balaban J connectivity index is 1.40. The van der Waals surface area contributed by atoms with Crippen molar-refractivity contribution in [1.29, 1.82) is 5.26 Å². The van der Waals surface area contributed by atoms with Gasteiger partial charge in [-0.15, -0.1) is 0 Å². The van der Waals surface area contributed by atoms with E-state index in [0.29, 0.717) is 23.6 Å². The molecule has 0 unspecified atom stereocenters. The molecule has 30 heavy (non-hydrogen) atoms. The van der Waals surface area contributed by atoms with Crippen LogP contribution < -0.4 is 14.8 Å². The topological polar surface area (TPSA) is 84.2 Å². The lowest BCUT2D eigenvalue weighted by atomic mass is 9.92. The number of benzene rings is 1. The van der Waals surface area contributed by atoms with Crippen LogP contribution in [0.2, 0.25) is 0 Å². The third-order valence-corrected chi connectivity index (χ3v) is 5.30. The summed E-state index contributed by atoms with van der Waals surface area (Å²) in [5.41, 5.74) is 1.17. The highest BCUT2D eigenvalue weighted by Gasteiger charge is 2.24. The van der Waals surface area contributed by atoms with Crippen LogP contribution in [-0.4, -0.2) is 29.6 Å². The Labute approximate surface area is 178 Å². The Morgan fingerprint density at radius 1 is 1.13 bits per heavy atom. The summed E-state index contributed by atoms with van der Waals surface area (Å²) in [7, 11) is 0. The zero-order valence-corrected chi connectivity index (χ0v) is 17.5. The SMILES string of the molecule is CCCCCOc1ccc(C(=O)NC2CCC(Oc3ccc(C#N)cn3)CC2)cc1. The Morgan fingerprint density at radius 2 is 1.90 bits per heavy atom. The largest absolute Gasteiger partial charge is 0.494 e. The summed E-state index contributed by atoms with van der Waals surface area (Å²) < 4.78 is 11.6. The summed E-state index contributed by atoms with van der Waals surface area (Å²) in [4.78, 5) is 16.7. The number of amides is 1. The Hall–Kier alpha value is -3.07. The van der Waals surface area contributed by atoms with Gasteiger partial charge in [0.2, 0.25) is 5.88 Å². The fourth-order valence-corrected chi connectivity index (χ4v) is 3.53. The zero-order chi connectivity index (χ0) is 21.2. The predicted molar refractivity (Wildman–Crippen MR) is 115 cm³/mol. The summed E-state index contributed by atoms with van der Waals surface area (Å²) in [5, 5.41) is 12.0. The van der Waals surface area contributed by atoms with Crippen LogP contribution in [0.3, 0.4) is 0 Å². The lowest BCUT2D eigenvalue weighted by Crippen LogP contribution is -2.39. The minimum absolute atomic E-state index is 0.0503. The van der Waals surface area contributed by atoms with E-state index in [4.69, 9.17) is 14.7 Å². The second-order valence-corrected chi connectivity index (χ2v) is 7.64. The fourth-order valence-electron chi connectivity index (χ4n) is 3.53. The van der Waals surface area contributed by atoms with Crippen LogP contribution in [0.25, 0.3) is 0 Å². The van der Waals surface area contributed by atoms with Gasteiger partial charge in [0.15, 0.2) is 0 Å². The lowest BCUT2D eigenvalue weighted by Gasteiger charge is -2.29. The first-order valence-corrected chi connectivity index (χ1v) is 10.7. The maximum atomic E-state index is 12.5. The van der Waals surface area contributed by atoms with Gasteiger partial charge in [-0.3, -0.25) is 4.79 Å². The molecule has 1 aliphatic rings. The number of nitriles is 1. The molecule has 0 aliphatic heterocycles. The van der Waals surface area contributed by atoms with Gasteiger partial charge in [0.1, 0.15) is 17.9 Å². The number of nitrogens with zero attached hydrogens (tertiary/aromatic N) is 2. The van der Waals surface area contributed by atoms with Crippen LogP contribution in [0, 0.1) is 11.3 Å². The summed E-state index contributed by atoms with van der Waals surface area (Å²) in [6, 6.07) is 13.0. The van der Waals surface area contributed by atoms with E-state index in [0.717, 1.165) is 44.3 Å². The van der Waals surface area contributed by atoms with Gasteiger partial charge in [0, 0.05) is 23.9 Å². The molecule has 1 heterocycles. The molecule has 1 aromatic carbocycles. The quantitative estimate of drug-likeness (QED) is 0.612. The first-order chi connectivity index (χ1) is 14.7. The molecule has 0 spiro atoms. The van der Waals surface area contributed by atoms with E-state index >= 15 is 0 Å². The molecule has 1 N–H and O–H groups in total. The molecular weight excluding hydrogens is 378 g/mol. The highest BCUT2D eigenvalue weighted by molar-refractivity contribution is 5.94. The number of carbonyl (C=O) groups excluding carboxylic acids is 1. The van der Waals surface area contributed by atoms with Gasteiger partial charge >= 0.3 is 0 Å². The van der Waals surface area contributed by atoms with Crippen molar-refractivity contribution in [2.24, 2.45) is 0 Å². The number of carbonyl (C=O) groups is 1. The molecule has 1 amide bonds. The van der Waals surface area contributed by atoms with Gasteiger partial charge in [-0.25, -0.2) is 4.98 Å². The van der Waals surface area contributed by atoms with Crippen molar-refractivity contribution in [3.8, 4) is 17.7 Å². The van der Waals surface area contributed by atoms with E-state index in [1.165, 1.54) is 12.6 Å². The summed E-state index contributed by atoms with van der Waals surface area (Å²) in [6.45, 7) is 2.88. The van der Waals surface area contributed by atoms with Crippen molar-refractivity contribution in [1.82, 2.24) is 10.3 Å². The smallest absolute Gasteiger partial charge is 0.251 e. The van der Waals surface area contributed by atoms with E-state index in [1.807, 2.05) is 30.3 Å². The number of hydrogen-bond acceptors (Lipinski definition) is 5. The van der Waals surface area contributed by atoms with Crippen molar-refractivity contribution in [3.05, 3.63) is 53.7 Å². The Bertz CT molecular complexity index is 835. The molecule has 1 fully saturated rings. The molecule has 1 aliphatic carbocycles. The number of nitrogens with one attached hydrogen (secondary N) is 1. The van der Waals surface area contributed by atoms with Gasteiger partial charge in [-0.1, -0.05) is 19.8 Å². The first-order valence-electron chi connectivity index (χ1n) is 10.7. The second kappa shape index (κ2) is 11.2. The van der Waals surface area contributed by atoms with Crippen LogP contribution in [-0.2, 0) is 0 Å². The van der Waals surface area contributed by atoms with Crippen molar-refractivity contribution in [2.75, 3.05) is 6.61 Å². The first kappa shape index (κ1) is 21.6. The van der Waals surface area contributed by atoms with Crippen LogP contribution in [0.5, 0.6) is 11.6 Å². The summed E-state index contributed by atoms with van der Waals surface area (Å²) in [6.07, 6.45) is 8.43. The van der Waals surface area contributed by atoms with Gasteiger partial charge < -0.3 is 14.8 Å². The maximum absolute atomic E-state index is 12.5. The molecule has 3 rings (SSSR count). The molecule has 6 heteroatoms. The molecule has 0 bridgehead atoms. The maximum Gasteiger partial charge on any atom is 0.251 e. The van der Waals surface area contributed by atoms with Gasteiger partial charge in [0.05, 0.1) is 12.2 Å². The third kappa shape index (κ3) is 6.48. The Kier molecular flexibility index (Phi) is 8.08. The van der Waals surface area contributed by atoms with E-state index in [9.17, 15) is 4.79 Å². The lowest BCUT2D eigenvalue weighted by molar-refractivity contribution is 0.0890. The van der Waals surface area contributed by atoms with Gasteiger partial charge in [-0.05, 0) is 62.4 Å². The van der Waals surface area contributed by atoms with Crippen LogP contribution in [0.1, 0.15) is 67.8 Å². The van der Waals surface area contributed by atoms with Crippen molar-refractivity contribution in [3.63, 3.8) is 0 Å². The molecular formula is C24H29N3O3. The Morgan fingerprint density at radius 3 is 2.53 bits per heavy atom. The predicted octanol–water partition coefficient (Wildman–Crippen LogP) is 4.64. The molecule has 0 atom stereocenters. The number of ether oxygens (including phenoxy) is 2. The minimum Gasteiger partial charge on any atom is -0.494 e. The minimum atomic E-state index is -0.0503. The second-order valence-electron chi connectivity index (χ2n) is 7.64. The number of rotatable bonds is 9. The van der Waals surface area contributed by atoms with Crippen LogP contribution in [0.15, 0.2) is 42.6 Å². The van der Waals surface area contributed by atoms with Crippen molar-refractivity contribution < 1.29 is 14.3 Å². The van der Waals surface area contributed by atoms with Crippen molar-refractivity contribution >= 4 is 5.91 Å². The van der Waals surface area contributed by atoms with E-state index in [2.05, 4.69) is 17.2 Å². The number of unbranched alkanes of at least 4 members (excludes halogenated alkanes) is 2. The van der Waals surface area contributed by atoms with Gasteiger partial charge in [0.25, 0.3) is 5.91 Å². The highest BCUT2D eigenvalue weighted by atomic mass is 16.5. The third-order valence-electron chi connectivity index (χ3n) is 5.30. The normalized spacial score (nSPS) is 18.3. The molecule has 1 aromatic heterocycles. The van der Waals surface area contributed by atoms with E-state index in [-0.39, 0.29) is 18.1 Å². The van der Waals surface area contributed by atoms with Crippen molar-refractivity contribution in [2.45, 2.75) is 64.0 Å². The van der Waals surface area contributed by atoms with E-state index < -0.39 is 0 Å². The number of aromatic nitrogens is 1. The fraction of sp³-hybridized carbons (Fsp3) is 0.458. The standard InChI is InChI=1S/C24H29N3O3/c1-2-3-4-15-29-21-10-6-19(7-11-21)24(28)27-20-8-12-22(13-9-20)30-23-14-5-18(16-25)17-26-23/h5-7,10-11,14,17,20,22H,2-4,8-9,12-13,15H2,1H3,(H,27,28). The van der Waals surface area contributed by atoms with E-state index in [1.54, 1.807) is 12.1 Å². The zero-order valence-electron chi connectivity index (χ0n) is 17.5. The molecule has 6 nitrogen and oxygen atoms in total. The van der Waals surface area contributed by atoms with Gasteiger partial charge in [-0.2, -0.15) is 5.26 Å². The average molecular weight is 408 g/mol.